The van der Waals surface area contributed by atoms with Crippen molar-refractivity contribution in [3.05, 3.63) is 21.9 Å². The first-order chi connectivity index (χ1) is 8.11. The van der Waals surface area contributed by atoms with Crippen molar-refractivity contribution in [2.45, 2.75) is 25.9 Å². The second kappa shape index (κ2) is 5.48. The Morgan fingerprint density at radius 2 is 2.24 bits per heavy atom. The Morgan fingerprint density at radius 1 is 1.47 bits per heavy atom. The number of nitrogens with zero attached hydrogens (tertiary/aromatic N) is 2. The smallest absolute Gasteiger partial charge is 0.0565 e. The molecule has 2 atom stereocenters. The van der Waals surface area contributed by atoms with Crippen LogP contribution < -0.4 is 5.73 Å². The van der Waals surface area contributed by atoms with Crippen LogP contribution in [0.3, 0.4) is 0 Å². The van der Waals surface area contributed by atoms with Crippen LogP contribution in [-0.4, -0.2) is 49.1 Å². The first kappa shape index (κ1) is 13.0. The molecule has 2 N–H and O–H groups in total. The monoisotopic (exact) mass is 253 g/mol. The minimum Gasteiger partial charge on any atom is -0.329 e. The Kier molecular flexibility index (Phi) is 4.20. The maximum atomic E-state index is 5.98. The standard InChI is InChI=1S/C13H23N3S/c1-10-9-16(7-6-15(10)3)12(8-14)13-5-4-11(2)17-13/h4-5,10,12H,6-9,14H2,1-3H3. The van der Waals surface area contributed by atoms with Crippen LogP contribution >= 0.6 is 11.3 Å². The lowest BCUT2D eigenvalue weighted by Gasteiger charge is -2.41. The van der Waals surface area contributed by atoms with Gasteiger partial charge in [-0.15, -0.1) is 11.3 Å². The molecular weight excluding hydrogens is 230 g/mol. The predicted octanol–water partition coefficient (Wildman–Crippen LogP) is 1.69. The molecule has 1 aromatic rings. The van der Waals surface area contributed by atoms with Crippen LogP contribution in [0.1, 0.15) is 22.7 Å². The first-order valence-electron chi connectivity index (χ1n) is 6.32. The number of likely N-dealkylation sites (N-methyl/N-ethyl adjacent to an activating group) is 1. The fourth-order valence-electron chi connectivity index (χ4n) is 2.44. The number of rotatable bonds is 3. The van der Waals surface area contributed by atoms with E-state index in [-0.39, 0.29) is 0 Å². The second-order valence-electron chi connectivity index (χ2n) is 5.02. The van der Waals surface area contributed by atoms with Gasteiger partial charge in [-0.1, -0.05) is 0 Å². The quantitative estimate of drug-likeness (QED) is 0.890. The Bertz CT molecular complexity index is 363. The van der Waals surface area contributed by atoms with E-state index >= 15 is 0 Å². The van der Waals surface area contributed by atoms with Crippen molar-refractivity contribution in [1.29, 1.82) is 0 Å². The highest BCUT2D eigenvalue weighted by Gasteiger charge is 2.27. The summed E-state index contributed by atoms with van der Waals surface area (Å²) in [5.41, 5.74) is 5.98. The number of thiophene rings is 1. The van der Waals surface area contributed by atoms with Gasteiger partial charge in [0.15, 0.2) is 0 Å². The van der Waals surface area contributed by atoms with Crippen molar-refractivity contribution in [2.75, 3.05) is 33.2 Å². The van der Waals surface area contributed by atoms with E-state index in [1.807, 2.05) is 11.3 Å². The molecule has 17 heavy (non-hydrogen) atoms. The summed E-state index contributed by atoms with van der Waals surface area (Å²) in [5, 5.41) is 0. The molecule has 0 saturated carbocycles. The molecule has 1 saturated heterocycles. The highest BCUT2D eigenvalue weighted by atomic mass is 32.1. The molecule has 0 spiro atoms. The van der Waals surface area contributed by atoms with Gasteiger partial charge in [0, 0.05) is 42.0 Å². The summed E-state index contributed by atoms with van der Waals surface area (Å²) >= 11 is 1.88. The van der Waals surface area contributed by atoms with Crippen LogP contribution in [0.2, 0.25) is 0 Å². The van der Waals surface area contributed by atoms with Gasteiger partial charge in [-0.25, -0.2) is 0 Å². The van der Waals surface area contributed by atoms with E-state index in [4.69, 9.17) is 5.73 Å². The van der Waals surface area contributed by atoms with Crippen LogP contribution in [0.5, 0.6) is 0 Å². The Balaban J connectivity index is 2.08. The summed E-state index contributed by atoms with van der Waals surface area (Å²) in [6.45, 7) is 8.56. The number of nitrogens with two attached hydrogens (primary N) is 1. The van der Waals surface area contributed by atoms with Crippen molar-refractivity contribution >= 4 is 11.3 Å². The largest absolute Gasteiger partial charge is 0.329 e. The van der Waals surface area contributed by atoms with Gasteiger partial charge in [-0.3, -0.25) is 4.90 Å². The summed E-state index contributed by atoms with van der Waals surface area (Å²) in [6.07, 6.45) is 0. The highest BCUT2D eigenvalue weighted by Crippen LogP contribution is 2.28. The molecule has 1 aliphatic heterocycles. The molecule has 0 aliphatic carbocycles. The van der Waals surface area contributed by atoms with Gasteiger partial charge >= 0.3 is 0 Å². The van der Waals surface area contributed by atoms with Gasteiger partial charge in [0.1, 0.15) is 0 Å². The second-order valence-corrected chi connectivity index (χ2v) is 6.34. The van der Waals surface area contributed by atoms with Crippen LogP contribution in [0.15, 0.2) is 12.1 Å². The van der Waals surface area contributed by atoms with E-state index in [1.54, 1.807) is 0 Å². The van der Waals surface area contributed by atoms with Crippen LogP contribution in [0, 0.1) is 6.92 Å². The summed E-state index contributed by atoms with van der Waals surface area (Å²) in [5.74, 6) is 0. The molecule has 1 aliphatic rings. The lowest BCUT2D eigenvalue weighted by molar-refractivity contribution is 0.0752. The molecule has 3 nitrogen and oxygen atoms in total. The Labute approximate surface area is 108 Å². The zero-order chi connectivity index (χ0) is 12.4. The third-order valence-electron chi connectivity index (χ3n) is 3.74. The third kappa shape index (κ3) is 2.88. The Hall–Kier alpha value is -0.420. The average molecular weight is 253 g/mol. The van der Waals surface area contributed by atoms with Crippen molar-refractivity contribution in [1.82, 2.24) is 9.80 Å². The zero-order valence-corrected chi connectivity index (χ0v) is 11.8. The molecule has 1 aromatic heterocycles. The maximum Gasteiger partial charge on any atom is 0.0565 e. The predicted molar refractivity (Wildman–Crippen MR) is 74.5 cm³/mol. The fourth-order valence-corrected chi connectivity index (χ4v) is 3.46. The number of hydrogen-bond acceptors (Lipinski definition) is 4. The van der Waals surface area contributed by atoms with Crippen molar-refractivity contribution in [3.8, 4) is 0 Å². The fraction of sp³-hybridized carbons (Fsp3) is 0.692. The van der Waals surface area contributed by atoms with E-state index in [9.17, 15) is 0 Å². The van der Waals surface area contributed by atoms with Gasteiger partial charge in [-0.2, -0.15) is 0 Å². The van der Waals surface area contributed by atoms with E-state index in [0.717, 1.165) is 26.2 Å². The van der Waals surface area contributed by atoms with Crippen molar-refractivity contribution in [2.24, 2.45) is 5.73 Å². The van der Waals surface area contributed by atoms with Gasteiger partial charge in [0.05, 0.1) is 6.04 Å². The zero-order valence-electron chi connectivity index (χ0n) is 11.0. The number of piperazine rings is 1. The van der Waals surface area contributed by atoms with Gasteiger partial charge < -0.3 is 10.6 Å². The molecule has 2 rings (SSSR count). The van der Waals surface area contributed by atoms with Gasteiger partial charge in [-0.05, 0) is 33.0 Å². The van der Waals surface area contributed by atoms with Crippen molar-refractivity contribution in [3.63, 3.8) is 0 Å². The third-order valence-corrected chi connectivity index (χ3v) is 4.85. The molecule has 0 bridgehead atoms. The van der Waals surface area contributed by atoms with E-state index in [1.165, 1.54) is 9.75 Å². The minimum atomic E-state index is 0.407. The molecule has 0 aromatic carbocycles. The molecule has 0 radical (unpaired) electrons. The van der Waals surface area contributed by atoms with Crippen LogP contribution in [0.4, 0.5) is 0 Å². The summed E-state index contributed by atoms with van der Waals surface area (Å²) < 4.78 is 0. The van der Waals surface area contributed by atoms with Gasteiger partial charge in [0.2, 0.25) is 0 Å². The lowest BCUT2D eigenvalue weighted by atomic mass is 10.1. The Morgan fingerprint density at radius 3 is 2.76 bits per heavy atom. The van der Waals surface area contributed by atoms with Crippen LogP contribution in [-0.2, 0) is 0 Å². The van der Waals surface area contributed by atoms with Crippen molar-refractivity contribution < 1.29 is 0 Å². The summed E-state index contributed by atoms with van der Waals surface area (Å²) in [7, 11) is 2.20. The van der Waals surface area contributed by atoms with Gasteiger partial charge in [0.25, 0.3) is 0 Å². The first-order valence-corrected chi connectivity index (χ1v) is 7.14. The van der Waals surface area contributed by atoms with E-state index < -0.39 is 0 Å². The summed E-state index contributed by atoms with van der Waals surface area (Å²) in [4.78, 5) is 7.75. The lowest BCUT2D eigenvalue weighted by Crippen LogP contribution is -2.52. The SMILES string of the molecule is Cc1ccc(C(CN)N2CCN(C)C(C)C2)s1. The minimum absolute atomic E-state index is 0.407. The molecule has 1 fully saturated rings. The molecule has 2 heterocycles. The van der Waals surface area contributed by atoms with Crippen LogP contribution in [0.25, 0.3) is 0 Å². The molecule has 0 amide bonds. The van der Waals surface area contributed by atoms with E-state index in [0.29, 0.717) is 12.1 Å². The molecule has 96 valence electrons. The average Bonchev–Trinajstić information content (AvgIpc) is 2.71. The summed E-state index contributed by atoms with van der Waals surface area (Å²) in [6, 6.07) is 5.46. The number of aryl methyl sites for hydroxylation is 1. The molecular formula is C13H23N3S. The molecule has 4 heteroatoms. The maximum absolute atomic E-state index is 5.98. The highest BCUT2D eigenvalue weighted by molar-refractivity contribution is 7.12. The van der Waals surface area contributed by atoms with E-state index in [2.05, 4.69) is 42.8 Å². The number of hydrogen-bond donors (Lipinski definition) is 1. The molecule has 2 unspecified atom stereocenters. The topological polar surface area (TPSA) is 32.5 Å². The normalized spacial score (nSPS) is 25.1.